The highest BCUT2D eigenvalue weighted by Crippen LogP contribution is 2.22. The fourth-order valence-corrected chi connectivity index (χ4v) is 2.12. The molecule has 1 atom stereocenters. The fourth-order valence-electron chi connectivity index (χ4n) is 2.12. The van der Waals surface area contributed by atoms with Crippen molar-refractivity contribution < 1.29 is 4.79 Å². The van der Waals surface area contributed by atoms with E-state index in [1.807, 2.05) is 4.68 Å². The van der Waals surface area contributed by atoms with E-state index in [0.717, 1.165) is 19.5 Å². The SMILES string of the molecule is CC(C)N1CCC(n2cc(C(N)=O)cn2)C1. The minimum Gasteiger partial charge on any atom is -0.366 e. The highest BCUT2D eigenvalue weighted by molar-refractivity contribution is 5.92. The smallest absolute Gasteiger partial charge is 0.251 e. The molecular weight excluding hydrogens is 204 g/mol. The maximum atomic E-state index is 11.0. The second-order valence-corrected chi connectivity index (χ2v) is 4.60. The number of nitrogens with zero attached hydrogens (tertiary/aromatic N) is 3. The van der Waals surface area contributed by atoms with Crippen LogP contribution in [0.3, 0.4) is 0 Å². The molecule has 0 spiro atoms. The lowest BCUT2D eigenvalue weighted by atomic mass is 10.2. The van der Waals surface area contributed by atoms with Gasteiger partial charge in [0.1, 0.15) is 0 Å². The number of primary amides is 1. The molecule has 1 aliphatic rings. The van der Waals surface area contributed by atoms with E-state index in [-0.39, 0.29) is 0 Å². The third-order valence-corrected chi connectivity index (χ3v) is 3.19. The molecule has 1 aromatic heterocycles. The zero-order chi connectivity index (χ0) is 11.7. The van der Waals surface area contributed by atoms with E-state index < -0.39 is 5.91 Å². The molecule has 0 saturated carbocycles. The Labute approximate surface area is 95.2 Å². The average Bonchev–Trinajstić information content (AvgIpc) is 2.86. The second kappa shape index (κ2) is 4.25. The van der Waals surface area contributed by atoms with Crippen molar-refractivity contribution in [2.75, 3.05) is 13.1 Å². The Balaban J connectivity index is 2.06. The molecule has 2 N–H and O–H groups in total. The van der Waals surface area contributed by atoms with Crippen molar-refractivity contribution in [3.05, 3.63) is 18.0 Å². The summed E-state index contributed by atoms with van der Waals surface area (Å²) in [7, 11) is 0. The lowest BCUT2D eigenvalue weighted by molar-refractivity contribution is 0.1000. The molecule has 1 fully saturated rings. The van der Waals surface area contributed by atoms with Crippen molar-refractivity contribution >= 4 is 5.91 Å². The van der Waals surface area contributed by atoms with Crippen molar-refractivity contribution in [3.63, 3.8) is 0 Å². The quantitative estimate of drug-likeness (QED) is 0.816. The number of nitrogens with two attached hydrogens (primary N) is 1. The van der Waals surface area contributed by atoms with Crippen LogP contribution in [0.25, 0.3) is 0 Å². The first-order valence-electron chi connectivity index (χ1n) is 5.66. The van der Waals surface area contributed by atoms with Crippen LogP contribution in [0.4, 0.5) is 0 Å². The van der Waals surface area contributed by atoms with Crippen LogP contribution in [-0.2, 0) is 0 Å². The number of hydrogen-bond acceptors (Lipinski definition) is 3. The number of aromatic nitrogens is 2. The molecular formula is C11H18N4O. The van der Waals surface area contributed by atoms with Gasteiger partial charge in [-0.15, -0.1) is 0 Å². The van der Waals surface area contributed by atoms with Crippen LogP contribution in [0.1, 0.15) is 36.7 Å². The molecule has 0 bridgehead atoms. The van der Waals surface area contributed by atoms with E-state index in [9.17, 15) is 4.79 Å². The highest BCUT2D eigenvalue weighted by Gasteiger charge is 2.26. The number of amides is 1. The Morgan fingerprint density at radius 1 is 1.62 bits per heavy atom. The van der Waals surface area contributed by atoms with Crippen molar-refractivity contribution in [1.82, 2.24) is 14.7 Å². The minimum atomic E-state index is -0.412. The van der Waals surface area contributed by atoms with Gasteiger partial charge < -0.3 is 5.73 Å². The van der Waals surface area contributed by atoms with Gasteiger partial charge in [0.25, 0.3) is 5.91 Å². The molecule has 2 heterocycles. The third kappa shape index (κ3) is 2.09. The molecule has 16 heavy (non-hydrogen) atoms. The number of likely N-dealkylation sites (tertiary alicyclic amines) is 1. The zero-order valence-electron chi connectivity index (χ0n) is 9.76. The highest BCUT2D eigenvalue weighted by atomic mass is 16.1. The van der Waals surface area contributed by atoms with Crippen LogP contribution >= 0.6 is 0 Å². The number of rotatable bonds is 3. The van der Waals surface area contributed by atoms with Crippen LogP contribution in [0, 0.1) is 0 Å². The van der Waals surface area contributed by atoms with Gasteiger partial charge in [0.2, 0.25) is 0 Å². The monoisotopic (exact) mass is 222 g/mol. The molecule has 1 aromatic rings. The molecule has 1 amide bonds. The van der Waals surface area contributed by atoms with Gasteiger partial charge in [-0.3, -0.25) is 14.4 Å². The maximum Gasteiger partial charge on any atom is 0.251 e. The van der Waals surface area contributed by atoms with Crippen LogP contribution in [-0.4, -0.2) is 39.7 Å². The first kappa shape index (κ1) is 11.1. The van der Waals surface area contributed by atoms with Gasteiger partial charge in [-0.05, 0) is 20.3 Å². The van der Waals surface area contributed by atoms with Crippen molar-refractivity contribution in [2.45, 2.75) is 32.4 Å². The average molecular weight is 222 g/mol. The lowest BCUT2D eigenvalue weighted by Crippen LogP contribution is -2.28. The standard InChI is InChI=1S/C11H18N4O/c1-8(2)14-4-3-10(7-14)15-6-9(5-13-15)11(12)16/h5-6,8,10H,3-4,7H2,1-2H3,(H2,12,16). The van der Waals surface area contributed by atoms with Crippen LogP contribution in [0.5, 0.6) is 0 Å². The molecule has 5 heteroatoms. The predicted octanol–water partition coefficient (Wildman–Crippen LogP) is 0.637. The summed E-state index contributed by atoms with van der Waals surface area (Å²) in [6.07, 6.45) is 4.37. The van der Waals surface area contributed by atoms with Crippen molar-refractivity contribution in [2.24, 2.45) is 5.73 Å². The molecule has 1 aliphatic heterocycles. The summed E-state index contributed by atoms with van der Waals surface area (Å²) < 4.78 is 1.86. The van der Waals surface area contributed by atoms with E-state index in [4.69, 9.17) is 5.73 Å². The Kier molecular flexibility index (Phi) is 2.96. The summed E-state index contributed by atoms with van der Waals surface area (Å²) in [6.45, 7) is 6.48. The summed E-state index contributed by atoms with van der Waals surface area (Å²) >= 11 is 0. The van der Waals surface area contributed by atoms with Gasteiger partial charge in [-0.25, -0.2) is 0 Å². The van der Waals surface area contributed by atoms with Gasteiger partial charge in [0.05, 0.1) is 17.8 Å². The second-order valence-electron chi connectivity index (χ2n) is 4.60. The first-order valence-corrected chi connectivity index (χ1v) is 5.66. The Morgan fingerprint density at radius 3 is 2.88 bits per heavy atom. The van der Waals surface area contributed by atoms with Crippen LogP contribution in [0.15, 0.2) is 12.4 Å². The van der Waals surface area contributed by atoms with Crippen molar-refractivity contribution in [3.8, 4) is 0 Å². The largest absolute Gasteiger partial charge is 0.366 e. The third-order valence-electron chi connectivity index (χ3n) is 3.19. The molecule has 1 saturated heterocycles. The van der Waals surface area contributed by atoms with Gasteiger partial charge in [-0.1, -0.05) is 0 Å². The summed E-state index contributed by atoms with van der Waals surface area (Å²) in [5, 5.41) is 4.20. The molecule has 0 radical (unpaired) electrons. The first-order chi connectivity index (χ1) is 7.58. The maximum absolute atomic E-state index is 11.0. The lowest BCUT2D eigenvalue weighted by Gasteiger charge is -2.20. The Bertz CT molecular complexity index is 385. The van der Waals surface area contributed by atoms with Crippen molar-refractivity contribution in [1.29, 1.82) is 0 Å². The van der Waals surface area contributed by atoms with E-state index in [2.05, 4.69) is 23.8 Å². The molecule has 2 rings (SSSR count). The fraction of sp³-hybridized carbons (Fsp3) is 0.636. The molecule has 1 unspecified atom stereocenters. The minimum absolute atomic E-state index is 0.371. The molecule has 88 valence electrons. The van der Waals surface area contributed by atoms with Crippen LogP contribution < -0.4 is 5.73 Å². The summed E-state index contributed by atoms with van der Waals surface area (Å²) in [5.74, 6) is -0.412. The number of carbonyl (C=O) groups is 1. The topological polar surface area (TPSA) is 64.2 Å². The van der Waals surface area contributed by atoms with Crippen LogP contribution in [0.2, 0.25) is 0 Å². The predicted molar refractivity (Wildman–Crippen MR) is 61.1 cm³/mol. The normalized spacial score (nSPS) is 21.8. The number of hydrogen-bond donors (Lipinski definition) is 1. The summed E-state index contributed by atoms with van der Waals surface area (Å²) in [6, 6.07) is 0.937. The zero-order valence-corrected chi connectivity index (χ0v) is 9.76. The summed E-state index contributed by atoms with van der Waals surface area (Å²) in [5.41, 5.74) is 5.69. The van der Waals surface area contributed by atoms with Gasteiger partial charge >= 0.3 is 0 Å². The summed E-state index contributed by atoms with van der Waals surface area (Å²) in [4.78, 5) is 13.4. The van der Waals surface area contributed by atoms with E-state index in [1.165, 1.54) is 0 Å². The Morgan fingerprint density at radius 2 is 2.38 bits per heavy atom. The number of carbonyl (C=O) groups excluding carboxylic acids is 1. The Hall–Kier alpha value is -1.36. The van der Waals surface area contributed by atoms with E-state index >= 15 is 0 Å². The van der Waals surface area contributed by atoms with Gasteiger partial charge in [0, 0.05) is 25.3 Å². The van der Waals surface area contributed by atoms with E-state index in [0.29, 0.717) is 17.6 Å². The van der Waals surface area contributed by atoms with E-state index in [1.54, 1.807) is 12.4 Å². The molecule has 0 aromatic carbocycles. The molecule has 0 aliphatic carbocycles. The van der Waals surface area contributed by atoms with Gasteiger partial charge in [-0.2, -0.15) is 5.10 Å². The van der Waals surface area contributed by atoms with Gasteiger partial charge in [0.15, 0.2) is 0 Å². The molecule has 5 nitrogen and oxygen atoms in total.